The van der Waals surface area contributed by atoms with E-state index in [-0.39, 0.29) is 18.7 Å². The van der Waals surface area contributed by atoms with Crippen molar-refractivity contribution in [3.63, 3.8) is 0 Å². The molecule has 0 aliphatic heterocycles. The molecule has 2 aromatic carbocycles. The van der Waals surface area contributed by atoms with E-state index in [2.05, 4.69) is 16.2 Å². The van der Waals surface area contributed by atoms with Crippen LogP contribution in [0, 0.1) is 6.92 Å². The van der Waals surface area contributed by atoms with Gasteiger partial charge in [-0.15, -0.1) is 0 Å². The molecule has 2 aromatic rings. The van der Waals surface area contributed by atoms with Gasteiger partial charge in [0.05, 0.1) is 0 Å². The largest absolute Gasteiger partial charge is 0.481 e. The topological polar surface area (TPSA) is 96.5 Å². The average molecular weight is 397 g/mol. The Kier molecular flexibility index (Phi) is 8.69. The zero-order valence-corrected chi connectivity index (χ0v) is 16.7. The monoisotopic (exact) mass is 397 g/mol. The summed E-state index contributed by atoms with van der Waals surface area (Å²) in [6, 6.07) is 16.9. The third kappa shape index (κ3) is 8.04. The SMILES string of the molecule is CCC(Oc1cccc(C)c1)C(=O)NNC(=O)CCC(=O)NCc1ccccc1. The van der Waals surface area contributed by atoms with Crippen molar-refractivity contribution in [1.29, 1.82) is 0 Å². The second-order valence-electron chi connectivity index (χ2n) is 6.63. The summed E-state index contributed by atoms with van der Waals surface area (Å²) in [5.74, 6) is -0.535. The zero-order valence-electron chi connectivity index (χ0n) is 16.7. The Labute approximate surface area is 170 Å². The number of amides is 3. The summed E-state index contributed by atoms with van der Waals surface area (Å²) in [6.45, 7) is 4.16. The van der Waals surface area contributed by atoms with Crippen molar-refractivity contribution in [3.8, 4) is 5.75 Å². The predicted molar refractivity (Wildman–Crippen MR) is 110 cm³/mol. The molecule has 7 nitrogen and oxygen atoms in total. The Morgan fingerprint density at radius 1 is 0.931 bits per heavy atom. The van der Waals surface area contributed by atoms with Crippen LogP contribution in [-0.4, -0.2) is 23.8 Å². The number of hydrazine groups is 1. The van der Waals surface area contributed by atoms with E-state index in [1.807, 2.05) is 62.4 Å². The van der Waals surface area contributed by atoms with E-state index in [1.165, 1.54) is 0 Å². The average Bonchev–Trinajstić information content (AvgIpc) is 2.73. The highest BCUT2D eigenvalue weighted by molar-refractivity contribution is 5.87. The van der Waals surface area contributed by atoms with Crippen molar-refractivity contribution in [2.75, 3.05) is 0 Å². The quantitative estimate of drug-likeness (QED) is 0.566. The number of hydrogen-bond acceptors (Lipinski definition) is 4. The summed E-state index contributed by atoms with van der Waals surface area (Å²) in [5.41, 5.74) is 6.69. The number of rotatable bonds is 9. The smallest absolute Gasteiger partial charge is 0.279 e. The second kappa shape index (κ2) is 11.5. The first-order valence-corrected chi connectivity index (χ1v) is 9.60. The van der Waals surface area contributed by atoms with Crippen LogP contribution >= 0.6 is 0 Å². The van der Waals surface area contributed by atoms with E-state index in [9.17, 15) is 14.4 Å². The zero-order chi connectivity index (χ0) is 21.1. The molecule has 1 unspecified atom stereocenters. The van der Waals surface area contributed by atoms with Crippen LogP contribution in [0.1, 0.15) is 37.3 Å². The number of ether oxygens (including phenoxy) is 1. The number of carbonyl (C=O) groups is 3. The van der Waals surface area contributed by atoms with E-state index < -0.39 is 17.9 Å². The van der Waals surface area contributed by atoms with Crippen molar-refractivity contribution in [2.24, 2.45) is 0 Å². The van der Waals surface area contributed by atoms with Gasteiger partial charge in [-0.25, -0.2) is 0 Å². The van der Waals surface area contributed by atoms with Crippen LogP contribution in [0.5, 0.6) is 5.75 Å². The van der Waals surface area contributed by atoms with Crippen molar-refractivity contribution in [3.05, 3.63) is 65.7 Å². The molecule has 0 fully saturated rings. The van der Waals surface area contributed by atoms with Crippen LogP contribution in [0.3, 0.4) is 0 Å². The number of benzene rings is 2. The lowest BCUT2D eigenvalue weighted by molar-refractivity contribution is -0.133. The number of nitrogens with one attached hydrogen (secondary N) is 3. The lowest BCUT2D eigenvalue weighted by Gasteiger charge is -2.17. The third-order valence-electron chi connectivity index (χ3n) is 4.17. The molecule has 2 rings (SSSR count). The molecule has 0 heterocycles. The van der Waals surface area contributed by atoms with E-state index in [0.717, 1.165) is 11.1 Å². The van der Waals surface area contributed by atoms with Gasteiger partial charge in [0, 0.05) is 19.4 Å². The summed E-state index contributed by atoms with van der Waals surface area (Å²) >= 11 is 0. The number of aryl methyl sites for hydroxylation is 1. The molecular formula is C22H27N3O4. The van der Waals surface area contributed by atoms with E-state index >= 15 is 0 Å². The van der Waals surface area contributed by atoms with Gasteiger partial charge in [0.15, 0.2) is 6.10 Å². The summed E-state index contributed by atoms with van der Waals surface area (Å²) < 4.78 is 5.68. The molecule has 29 heavy (non-hydrogen) atoms. The molecule has 0 spiro atoms. The first-order chi connectivity index (χ1) is 14.0. The number of hydrogen-bond donors (Lipinski definition) is 3. The summed E-state index contributed by atoms with van der Waals surface area (Å²) in [4.78, 5) is 36.0. The molecular weight excluding hydrogens is 370 g/mol. The minimum atomic E-state index is -0.730. The maximum Gasteiger partial charge on any atom is 0.279 e. The predicted octanol–water partition coefficient (Wildman–Crippen LogP) is 2.40. The van der Waals surface area contributed by atoms with E-state index in [0.29, 0.717) is 18.7 Å². The Bertz CT molecular complexity index is 824. The van der Waals surface area contributed by atoms with Gasteiger partial charge in [0.25, 0.3) is 5.91 Å². The highest BCUT2D eigenvalue weighted by Crippen LogP contribution is 2.15. The fraction of sp³-hybridized carbons (Fsp3) is 0.318. The fourth-order valence-electron chi connectivity index (χ4n) is 2.56. The summed E-state index contributed by atoms with van der Waals surface area (Å²) in [5, 5.41) is 2.75. The lowest BCUT2D eigenvalue weighted by Crippen LogP contribution is -2.48. The normalized spacial score (nSPS) is 11.2. The van der Waals surface area contributed by atoms with Gasteiger partial charge < -0.3 is 10.1 Å². The highest BCUT2D eigenvalue weighted by Gasteiger charge is 2.19. The lowest BCUT2D eigenvalue weighted by atomic mass is 10.2. The molecule has 0 aliphatic rings. The van der Waals surface area contributed by atoms with Crippen LogP contribution in [0.4, 0.5) is 0 Å². The van der Waals surface area contributed by atoms with Gasteiger partial charge in [-0.1, -0.05) is 49.4 Å². The van der Waals surface area contributed by atoms with Gasteiger partial charge in [-0.05, 0) is 36.6 Å². The Morgan fingerprint density at radius 2 is 1.66 bits per heavy atom. The van der Waals surface area contributed by atoms with Crippen molar-refractivity contribution in [2.45, 2.75) is 45.8 Å². The molecule has 0 bridgehead atoms. The minimum Gasteiger partial charge on any atom is -0.481 e. The maximum absolute atomic E-state index is 12.2. The van der Waals surface area contributed by atoms with Crippen LogP contribution in [0.15, 0.2) is 54.6 Å². The Hall–Kier alpha value is -3.35. The van der Waals surface area contributed by atoms with Crippen LogP contribution in [0.25, 0.3) is 0 Å². The maximum atomic E-state index is 12.2. The molecule has 3 amide bonds. The van der Waals surface area contributed by atoms with Gasteiger partial charge in [0.2, 0.25) is 11.8 Å². The Morgan fingerprint density at radius 3 is 2.34 bits per heavy atom. The van der Waals surface area contributed by atoms with Crippen LogP contribution < -0.4 is 20.9 Å². The standard InChI is InChI=1S/C22H27N3O4/c1-3-19(29-18-11-7-8-16(2)14-18)22(28)25-24-21(27)13-12-20(26)23-15-17-9-5-4-6-10-17/h4-11,14,19H,3,12-13,15H2,1-2H3,(H,23,26)(H,24,27)(H,25,28). The van der Waals surface area contributed by atoms with Crippen LogP contribution in [0.2, 0.25) is 0 Å². The molecule has 0 saturated carbocycles. The molecule has 154 valence electrons. The summed E-state index contributed by atoms with van der Waals surface area (Å²) in [6.07, 6.45) is -0.286. The van der Waals surface area contributed by atoms with Crippen molar-refractivity contribution in [1.82, 2.24) is 16.2 Å². The fourth-order valence-corrected chi connectivity index (χ4v) is 2.56. The Balaban J connectivity index is 1.68. The van der Waals surface area contributed by atoms with Crippen molar-refractivity contribution >= 4 is 17.7 Å². The van der Waals surface area contributed by atoms with Crippen LogP contribution in [-0.2, 0) is 20.9 Å². The van der Waals surface area contributed by atoms with Crippen molar-refractivity contribution < 1.29 is 19.1 Å². The minimum absolute atomic E-state index is 0.0313. The van der Waals surface area contributed by atoms with E-state index in [4.69, 9.17) is 4.74 Å². The van der Waals surface area contributed by atoms with Gasteiger partial charge >= 0.3 is 0 Å². The molecule has 7 heteroatoms. The molecule has 1 atom stereocenters. The molecule has 0 aliphatic carbocycles. The van der Waals surface area contributed by atoms with Gasteiger partial charge in [-0.2, -0.15) is 0 Å². The first-order valence-electron chi connectivity index (χ1n) is 9.60. The number of carbonyl (C=O) groups excluding carboxylic acids is 3. The molecule has 0 aromatic heterocycles. The van der Waals surface area contributed by atoms with Gasteiger partial charge in [-0.3, -0.25) is 25.2 Å². The van der Waals surface area contributed by atoms with E-state index in [1.54, 1.807) is 6.07 Å². The highest BCUT2D eigenvalue weighted by atomic mass is 16.5. The summed E-state index contributed by atoms with van der Waals surface area (Å²) in [7, 11) is 0. The first kappa shape index (κ1) is 21.9. The molecule has 3 N–H and O–H groups in total. The third-order valence-corrected chi connectivity index (χ3v) is 4.17. The molecule has 0 radical (unpaired) electrons. The second-order valence-corrected chi connectivity index (χ2v) is 6.63. The van der Waals surface area contributed by atoms with Gasteiger partial charge in [0.1, 0.15) is 5.75 Å². The molecule has 0 saturated heterocycles.